The number of nitrogens with zero attached hydrogens (tertiary/aromatic N) is 1. The van der Waals surface area contributed by atoms with Crippen molar-refractivity contribution in [2.75, 3.05) is 25.0 Å². The van der Waals surface area contributed by atoms with Crippen molar-refractivity contribution in [3.05, 3.63) is 17.5 Å². The summed E-state index contributed by atoms with van der Waals surface area (Å²) >= 11 is 1.78. The largest absolute Gasteiger partial charge is 0.367 e. The predicted molar refractivity (Wildman–Crippen MR) is 60.4 cm³/mol. The molecule has 0 fully saturated rings. The van der Waals surface area contributed by atoms with Crippen molar-refractivity contribution in [1.29, 1.82) is 0 Å². The molecule has 0 aliphatic carbocycles. The van der Waals surface area contributed by atoms with Gasteiger partial charge in [-0.15, -0.1) is 11.3 Å². The van der Waals surface area contributed by atoms with Crippen LogP contribution in [0.5, 0.6) is 0 Å². The molecule has 1 unspecified atom stereocenters. The quantitative estimate of drug-likeness (QED) is 0.785. The van der Waals surface area contributed by atoms with Gasteiger partial charge in [-0.2, -0.15) is 0 Å². The zero-order valence-electron chi connectivity index (χ0n) is 8.36. The number of thiophene rings is 1. The molecule has 0 aliphatic heterocycles. The first kappa shape index (κ1) is 10.5. The van der Waals surface area contributed by atoms with Crippen LogP contribution in [-0.4, -0.2) is 20.1 Å². The van der Waals surface area contributed by atoms with Gasteiger partial charge in [-0.25, -0.2) is 0 Å². The molecule has 0 aliphatic rings. The van der Waals surface area contributed by atoms with Crippen LogP contribution in [0.3, 0.4) is 0 Å². The molecule has 3 heteroatoms. The van der Waals surface area contributed by atoms with E-state index in [0.717, 1.165) is 13.1 Å². The molecule has 13 heavy (non-hydrogen) atoms. The van der Waals surface area contributed by atoms with Crippen molar-refractivity contribution in [2.24, 2.45) is 11.7 Å². The number of hydrogen-bond donors (Lipinski definition) is 1. The molecule has 1 atom stereocenters. The van der Waals surface area contributed by atoms with Crippen LogP contribution in [0, 0.1) is 5.92 Å². The van der Waals surface area contributed by atoms with E-state index in [-0.39, 0.29) is 0 Å². The van der Waals surface area contributed by atoms with E-state index in [1.54, 1.807) is 11.3 Å². The summed E-state index contributed by atoms with van der Waals surface area (Å²) in [5, 5.41) is 3.45. The Balaban J connectivity index is 2.30. The van der Waals surface area contributed by atoms with Crippen molar-refractivity contribution >= 4 is 16.3 Å². The van der Waals surface area contributed by atoms with Crippen LogP contribution < -0.4 is 10.6 Å². The molecule has 74 valence electrons. The highest BCUT2D eigenvalue weighted by Crippen LogP contribution is 2.20. The minimum atomic E-state index is 0.627. The Morgan fingerprint density at radius 1 is 1.62 bits per heavy atom. The molecule has 0 radical (unpaired) electrons. The molecule has 0 saturated carbocycles. The van der Waals surface area contributed by atoms with Crippen LogP contribution in [0.15, 0.2) is 17.5 Å². The maximum absolute atomic E-state index is 5.56. The summed E-state index contributed by atoms with van der Waals surface area (Å²) in [6.07, 6.45) is 1.17. The summed E-state index contributed by atoms with van der Waals surface area (Å²) < 4.78 is 0. The third-order valence-electron chi connectivity index (χ3n) is 2.24. The van der Waals surface area contributed by atoms with E-state index < -0.39 is 0 Å². The molecular weight excluding hydrogens is 180 g/mol. The fraction of sp³-hybridized carbons (Fsp3) is 0.600. The normalized spacial score (nSPS) is 12.8. The SMILES string of the molecule is CC(CN)CCN(C)c1cccs1. The highest BCUT2D eigenvalue weighted by atomic mass is 32.1. The standard InChI is InChI=1S/C10H18N2S/c1-9(8-11)5-6-12(2)10-4-3-7-13-10/h3-4,7,9H,5-6,8,11H2,1-2H3. The summed E-state index contributed by atoms with van der Waals surface area (Å²) in [5.74, 6) is 0.627. The Labute approximate surface area is 84.4 Å². The highest BCUT2D eigenvalue weighted by Gasteiger charge is 2.04. The monoisotopic (exact) mass is 198 g/mol. The second-order valence-corrected chi connectivity index (χ2v) is 4.43. The van der Waals surface area contributed by atoms with Gasteiger partial charge >= 0.3 is 0 Å². The highest BCUT2D eigenvalue weighted by molar-refractivity contribution is 7.14. The molecule has 0 bridgehead atoms. The van der Waals surface area contributed by atoms with Crippen LogP contribution in [0.25, 0.3) is 0 Å². The zero-order valence-corrected chi connectivity index (χ0v) is 9.18. The van der Waals surface area contributed by atoms with Gasteiger partial charge in [-0.3, -0.25) is 0 Å². The minimum absolute atomic E-state index is 0.627. The summed E-state index contributed by atoms with van der Waals surface area (Å²) in [7, 11) is 2.13. The molecule has 2 N–H and O–H groups in total. The Morgan fingerprint density at radius 3 is 2.92 bits per heavy atom. The Bertz CT molecular complexity index is 221. The Morgan fingerprint density at radius 2 is 2.38 bits per heavy atom. The molecule has 1 aromatic rings. The molecule has 1 rings (SSSR count). The smallest absolute Gasteiger partial charge is 0.0905 e. The summed E-state index contributed by atoms with van der Waals surface area (Å²) in [4.78, 5) is 2.29. The van der Waals surface area contributed by atoms with E-state index in [1.165, 1.54) is 11.4 Å². The van der Waals surface area contributed by atoms with E-state index in [1.807, 2.05) is 0 Å². The molecule has 0 spiro atoms. The average molecular weight is 198 g/mol. The van der Waals surface area contributed by atoms with Gasteiger partial charge in [0.05, 0.1) is 5.00 Å². The topological polar surface area (TPSA) is 29.3 Å². The van der Waals surface area contributed by atoms with Crippen molar-refractivity contribution in [1.82, 2.24) is 0 Å². The second kappa shape index (κ2) is 5.25. The van der Waals surface area contributed by atoms with Crippen LogP contribution in [0.1, 0.15) is 13.3 Å². The lowest BCUT2D eigenvalue weighted by Gasteiger charge is -2.18. The molecule has 1 aromatic heterocycles. The summed E-state index contributed by atoms with van der Waals surface area (Å²) in [6, 6.07) is 4.24. The zero-order chi connectivity index (χ0) is 9.68. The average Bonchev–Trinajstić information content (AvgIpc) is 2.66. The molecule has 0 aromatic carbocycles. The first-order valence-electron chi connectivity index (χ1n) is 4.68. The van der Waals surface area contributed by atoms with Gasteiger partial charge in [-0.05, 0) is 36.4 Å². The Hall–Kier alpha value is -0.540. The van der Waals surface area contributed by atoms with Crippen molar-refractivity contribution < 1.29 is 0 Å². The molecule has 1 heterocycles. The molecule has 2 nitrogen and oxygen atoms in total. The van der Waals surface area contributed by atoms with E-state index in [2.05, 4.69) is 36.4 Å². The third kappa shape index (κ3) is 3.36. The van der Waals surface area contributed by atoms with Crippen LogP contribution >= 0.6 is 11.3 Å². The van der Waals surface area contributed by atoms with Crippen molar-refractivity contribution in [2.45, 2.75) is 13.3 Å². The fourth-order valence-corrected chi connectivity index (χ4v) is 1.85. The number of nitrogens with two attached hydrogens (primary N) is 1. The van der Waals surface area contributed by atoms with Crippen LogP contribution in [0.4, 0.5) is 5.00 Å². The van der Waals surface area contributed by atoms with Gasteiger partial charge < -0.3 is 10.6 Å². The van der Waals surface area contributed by atoms with Gasteiger partial charge in [0.25, 0.3) is 0 Å². The molecule has 0 saturated heterocycles. The first-order valence-corrected chi connectivity index (χ1v) is 5.56. The van der Waals surface area contributed by atoms with Gasteiger partial charge in [0.15, 0.2) is 0 Å². The van der Waals surface area contributed by atoms with Gasteiger partial charge in [0.1, 0.15) is 0 Å². The lowest BCUT2D eigenvalue weighted by atomic mass is 10.1. The van der Waals surface area contributed by atoms with E-state index in [0.29, 0.717) is 5.92 Å². The lowest BCUT2D eigenvalue weighted by Crippen LogP contribution is -2.22. The van der Waals surface area contributed by atoms with Gasteiger partial charge in [0.2, 0.25) is 0 Å². The minimum Gasteiger partial charge on any atom is -0.367 e. The molecule has 0 amide bonds. The lowest BCUT2D eigenvalue weighted by molar-refractivity contribution is 0.546. The number of hydrogen-bond acceptors (Lipinski definition) is 3. The predicted octanol–water partition coefficient (Wildman–Crippen LogP) is 2.17. The van der Waals surface area contributed by atoms with Crippen LogP contribution in [0.2, 0.25) is 0 Å². The maximum atomic E-state index is 5.56. The van der Waals surface area contributed by atoms with Crippen molar-refractivity contribution in [3.8, 4) is 0 Å². The molecular formula is C10H18N2S. The first-order chi connectivity index (χ1) is 6.24. The van der Waals surface area contributed by atoms with Gasteiger partial charge in [-0.1, -0.05) is 6.92 Å². The van der Waals surface area contributed by atoms with E-state index >= 15 is 0 Å². The van der Waals surface area contributed by atoms with E-state index in [9.17, 15) is 0 Å². The maximum Gasteiger partial charge on any atom is 0.0905 e. The van der Waals surface area contributed by atoms with Gasteiger partial charge in [0, 0.05) is 13.6 Å². The number of rotatable bonds is 5. The summed E-state index contributed by atoms with van der Waals surface area (Å²) in [5.41, 5.74) is 5.56. The van der Waals surface area contributed by atoms with Crippen molar-refractivity contribution in [3.63, 3.8) is 0 Å². The third-order valence-corrected chi connectivity index (χ3v) is 3.22. The fourth-order valence-electron chi connectivity index (χ4n) is 1.13. The van der Waals surface area contributed by atoms with E-state index in [4.69, 9.17) is 5.73 Å². The Kier molecular flexibility index (Phi) is 4.25. The number of anilines is 1. The van der Waals surface area contributed by atoms with Crippen LogP contribution in [-0.2, 0) is 0 Å². The second-order valence-electron chi connectivity index (χ2n) is 3.50. The summed E-state index contributed by atoms with van der Waals surface area (Å²) in [6.45, 7) is 4.08.